The first-order valence-electron chi connectivity index (χ1n) is 6.09. The molecule has 1 aromatic rings. The molecule has 0 aliphatic carbocycles. The summed E-state index contributed by atoms with van der Waals surface area (Å²) in [5.41, 5.74) is 6.83. The molecule has 0 aliphatic rings. The highest BCUT2D eigenvalue weighted by Gasteiger charge is 2.22. The number of benzene rings is 1. The van der Waals surface area contributed by atoms with Gasteiger partial charge in [0.1, 0.15) is 0 Å². The van der Waals surface area contributed by atoms with Gasteiger partial charge in [0.15, 0.2) is 0 Å². The highest BCUT2D eigenvalue weighted by molar-refractivity contribution is 5.96. The van der Waals surface area contributed by atoms with E-state index < -0.39 is 0 Å². The van der Waals surface area contributed by atoms with Gasteiger partial charge in [-0.2, -0.15) is 0 Å². The summed E-state index contributed by atoms with van der Waals surface area (Å²) in [6.45, 7) is 4.86. The molecule has 3 N–H and O–H groups in total. The predicted octanol–water partition coefficient (Wildman–Crippen LogP) is 1.34. The first kappa shape index (κ1) is 14.7. The molecular formula is C14H22N2O2. The summed E-state index contributed by atoms with van der Waals surface area (Å²) in [5, 5.41) is 2.97. The van der Waals surface area contributed by atoms with Gasteiger partial charge < -0.3 is 15.8 Å². The Hall–Kier alpha value is -1.39. The normalized spacial score (nSPS) is 11.3. The number of ether oxygens (including phenoxy) is 1. The number of carbonyl (C=O) groups is 1. The Morgan fingerprint density at radius 2 is 2.06 bits per heavy atom. The van der Waals surface area contributed by atoms with Crippen molar-refractivity contribution in [2.45, 2.75) is 25.8 Å². The minimum Gasteiger partial charge on any atom is -0.382 e. The molecule has 0 spiro atoms. The molecule has 4 heteroatoms. The minimum absolute atomic E-state index is 0.0823. The van der Waals surface area contributed by atoms with Crippen LogP contribution in [-0.2, 0) is 11.2 Å². The largest absolute Gasteiger partial charge is 0.382 e. The molecule has 1 amide bonds. The van der Waals surface area contributed by atoms with Gasteiger partial charge in [-0.25, -0.2) is 0 Å². The summed E-state index contributed by atoms with van der Waals surface area (Å²) in [7, 11) is 1.62. The fraction of sp³-hybridized carbons (Fsp3) is 0.500. The van der Waals surface area contributed by atoms with Gasteiger partial charge >= 0.3 is 0 Å². The molecule has 0 radical (unpaired) electrons. The highest BCUT2D eigenvalue weighted by atomic mass is 16.5. The number of carbonyl (C=O) groups excluding carboxylic acids is 1. The number of nitrogens with one attached hydrogen (secondary N) is 1. The molecule has 18 heavy (non-hydrogen) atoms. The van der Waals surface area contributed by atoms with Crippen LogP contribution in [-0.4, -0.2) is 31.7 Å². The van der Waals surface area contributed by atoms with Gasteiger partial charge in [-0.3, -0.25) is 4.79 Å². The van der Waals surface area contributed by atoms with E-state index >= 15 is 0 Å². The fourth-order valence-electron chi connectivity index (χ4n) is 1.89. The van der Waals surface area contributed by atoms with Gasteiger partial charge in [0.05, 0.1) is 12.1 Å². The van der Waals surface area contributed by atoms with Crippen molar-refractivity contribution in [1.29, 1.82) is 0 Å². The van der Waals surface area contributed by atoms with E-state index in [0.29, 0.717) is 25.1 Å². The molecule has 0 aliphatic heterocycles. The summed E-state index contributed by atoms with van der Waals surface area (Å²) in [5.74, 6) is -0.0823. The number of amides is 1. The second-order valence-corrected chi connectivity index (χ2v) is 4.97. The second-order valence-electron chi connectivity index (χ2n) is 4.97. The molecule has 0 aromatic heterocycles. The Labute approximate surface area is 109 Å². The number of hydrogen-bond acceptors (Lipinski definition) is 3. The molecule has 4 nitrogen and oxygen atoms in total. The molecule has 1 aromatic carbocycles. The molecule has 0 bridgehead atoms. The summed E-state index contributed by atoms with van der Waals surface area (Å²) in [6.07, 6.45) is 0.703. The van der Waals surface area contributed by atoms with Crippen molar-refractivity contribution in [1.82, 2.24) is 5.32 Å². The van der Waals surface area contributed by atoms with Crippen molar-refractivity contribution >= 4 is 5.91 Å². The zero-order chi connectivity index (χ0) is 13.6. The molecular weight excluding hydrogens is 228 g/mol. The van der Waals surface area contributed by atoms with E-state index in [-0.39, 0.29) is 11.4 Å². The fourth-order valence-corrected chi connectivity index (χ4v) is 1.89. The van der Waals surface area contributed by atoms with E-state index in [9.17, 15) is 4.79 Å². The third-order valence-electron chi connectivity index (χ3n) is 2.63. The number of hydrogen-bond donors (Lipinski definition) is 2. The Morgan fingerprint density at radius 1 is 1.39 bits per heavy atom. The summed E-state index contributed by atoms with van der Waals surface area (Å²) in [6, 6.07) is 7.54. The van der Waals surface area contributed by atoms with E-state index in [1.165, 1.54) is 0 Å². The van der Waals surface area contributed by atoms with E-state index in [0.717, 1.165) is 5.56 Å². The van der Waals surface area contributed by atoms with Crippen LogP contribution in [0, 0.1) is 0 Å². The van der Waals surface area contributed by atoms with Crippen molar-refractivity contribution in [2.75, 3.05) is 20.3 Å². The predicted molar refractivity (Wildman–Crippen MR) is 72.6 cm³/mol. The van der Waals surface area contributed by atoms with Crippen LogP contribution in [0.3, 0.4) is 0 Å². The molecule has 0 saturated heterocycles. The smallest absolute Gasteiger partial charge is 0.252 e. The van der Waals surface area contributed by atoms with Crippen molar-refractivity contribution in [2.24, 2.45) is 5.73 Å². The van der Waals surface area contributed by atoms with Crippen molar-refractivity contribution in [3.63, 3.8) is 0 Å². The van der Waals surface area contributed by atoms with Gasteiger partial charge in [-0.05, 0) is 38.4 Å². The Balaban J connectivity index is 2.84. The van der Waals surface area contributed by atoms with Crippen LogP contribution in [0.1, 0.15) is 29.8 Å². The molecule has 100 valence electrons. The Morgan fingerprint density at radius 3 is 2.67 bits per heavy atom. The average molecular weight is 250 g/mol. The van der Waals surface area contributed by atoms with Gasteiger partial charge in [-0.15, -0.1) is 0 Å². The lowest BCUT2D eigenvalue weighted by atomic mass is 10.0. The molecule has 0 heterocycles. The van der Waals surface area contributed by atoms with Crippen LogP contribution < -0.4 is 11.1 Å². The number of nitrogens with two attached hydrogens (primary N) is 1. The van der Waals surface area contributed by atoms with Gasteiger partial charge in [0, 0.05) is 12.7 Å². The van der Waals surface area contributed by atoms with Crippen LogP contribution >= 0.6 is 0 Å². The Bertz CT molecular complexity index is 403. The molecule has 0 unspecified atom stereocenters. The van der Waals surface area contributed by atoms with E-state index in [1.807, 2.05) is 38.1 Å². The monoisotopic (exact) mass is 250 g/mol. The molecule has 1 rings (SSSR count). The molecule has 0 atom stereocenters. The molecule has 0 fully saturated rings. The van der Waals surface area contributed by atoms with Crippen molar-refractivity contribution in [3.8, 4) is 0 Å². The summed E-state index contributed by atoms with van der Waals surface area (Å²) in [4.78, 5) is 12.2. The second kappa shape index (κ2) is 6.52. The third-order valence-corrected chi connectivity index (χ3v) is 2.63. The Kier molecular flexibility index (Phi) is 5.31. The first-order chi connectivity index (χ1) is 8.50. The average Bonchev–Trinajstić information content (AvgIpc) is 2.29. The standard InChI is InChI=1S/C14H22N2O2/c1-14(2,10-18-3)16-13(17)12-7-5-4-6-11(12)8-9-15/h4-7H,8-10,15H2,1-3H3,(H,16,17). The first-order valence-corrected chi connectivity index (χ1v) is 6.09. The maximum absolute atomic E-state index is 12.2. The van der Waals surface area contributed by atoms with Gasteiger partial charge in [-0.1, -0.05) is 18.2 Å². The lowest BCUT2D eigenvalue weighted by molar-refractivity contribution is 0.0819. The number of methoxy groups -OCH3 is 1. The van der Waals surface area contributed by atoms with Crippen LogP contribution in [0.4, 0.5) is 0 Å². The lowest BCUT2D eigenvalue weighted by Crippen LogP contribution is -2.47. The quantitative estimate of drug-likeness (QED) is 0.801. The SMILES string of the molecule is COCC(C)(C)NC(=O)c1ccccc1CCN. The summed E-state index contributed by atoms with van der Waals surface area (Å²) >= 11 is 0. The van der Waals surface area contributed by atoms with Crippen LogP contribution in [0.5, 0.6) is 0 Å². The number of rotatable bonds is 6. The summed E-state index contributed by atoms with van der Waals surface area (Å²) < 4.78 is 5.09. The van der Waals surface area contributed by atoms with Crippen LogP contribution in [0.15, 0.2) is 24.3 Å². The maximum Gasteiger partial charge on any atom is 0.252 e. The third kappa shape index (κ3) is 4.13. The van der Waals surface area contributed by atoms with Gasteiger partial charge in [0.2, 0.25) is 0 Å². The topological polar surface area (TPSA) is 64.3 Å². The molecule has 0 saturated carbocycles. The van der Waals surface area contributed by atoms with Crippen molar-refractivity contribution in [3.05, 3.63) is 35.4 Å². The lowest BCUT2D eigenvalue weighted by Gasteiger charge is -2.25. The van der Waals surface area contributed by atoms with Gasteiger partial charge in [0.25, 0.3) is 5.91 Å². The zero-order valence-electron chi connectivity index (χ0n) is 11.3. The van der Waals surface area contributed by atoms with Crippen LogP contribution in [0.2, 0.25) is 0 Å². The van der Waals surface area contributed by atoms with E-state index in [2.05, 4.69) is 5.32 Å². The maximum atomic E-state index is 12.2. The minimum atomic E-state index is -0.387. The zero-order valence-corrected chi connectivity index (χ0v) is 11.3. The van der Waals surface area contributed by atoms with E-state index in [1.54, 1.807) is 7.11 Å². The van der Waals surface area contributed by atoms with Crippen LogP contribution in [0.25, 0.3) is 0 Å². The van der Waals surface area contributed by atoms with E-state index in [4.69, 9.17) is 10.5 Å². The van der Waals surface area contributed by atoms with Crippen molar-refractivity contribution < 1.29 is 9.53 Å². The highest BCUT2D eigenvalue weighted by Crippen LogP contribution is 2.11.